The Labute approximate surface area is 168 Å². The van der Waals surface area contributed by atoms with Crippen molar-refractivity contribution in [2.45, 2.75) is 6.61 Å². The van der Waals surface area contributed by atoms with E-state index in [0.717, 1.165) is 0 Å². The van der Waals surface area contributed by atoms with Gasteiger partial charge in [0.25, 0.3) is 5.91 Å². The van der Waals surface area contributed by atoms with Gasteiger partial charge in [0, 0.05) is 27.9 Å². The molecule has 0 saturated heterocycles. The molecular formula is C19H14ClFN6O2. The summed E-state index contributed by atoms with van der Waals surface area (Å²) in [6, 6.07) is 12.2. The molecule has 0 fully saturated rings. The van der Waals surface area contributed by atoms with Crippen molar-refractivity contribution in [1.82, 2.24) is 20.4 Å². The molecule has 8 nitrogen and oxygen atoms in total. The average molecular weight is 413 g/mol. The highest BCUT2D eigenvalue weighted by Gasteiger charge is 2.14. The van der Waals surface area contributed by atoms with Crippen molar-refractivity contribution >= 4 is 40.2 Å². The summed E-state index contributed by atoms with van der Waals surface area (Å²) in [7, 11) is 0. The molecule has 0 saturated carbocycles. The number of anilines is 2. The number of hydrogen-bond acceptors (Lipinski definition) is 6. The van der Waals surface area contributed by atoms with Crippen LogP contribution in [0.5, 0.6) is 5.75 Å². The molecule has 0 aliphatic rings. The Hall–Kier alpha value is -3.72. The summed E-state index contributed by atoms with van der Waals surface area (Å²) in [5.74, 6) is -0.422. The van der Waals surface area contributed by atoms with E-state index in [1.54, 1.807) is 24.3 Å². The summed E-state index contributed by atoms with van der Waals surface area (Å²) in [5, 5.41) is 13.4. The van der Waals surface area contributed by atoms with Crippen LogP contribution in [0.25, 0.3) is 11.2 Å². The summed E-state index contributed by atoms with van der Waals surface area (Å²) in [4.78, 5) is 16.5. The Morgan fingerprint density at radius 3 is 2.90 bits per heavy atom. The molecule has 29 heavy (non-hydrogen) atoms. The Bertz CT molecular complexity index is 1210. The van der Waals surface area contributed by atoms with Crippen LogP contribution >= 0.6 is 11.6 Å². The molecule has 0 radical (unpaired) electrons. The van der Waals surface area contributed by atoms with Gasteiger partial charge in [-0.1, -0.05) is 17.7 Å². The predicted molar refractivity (Wildman–Crippen MR) is 106 cm³/mol. The zero-order chi connectivity index (χ0) is 20.4. The number of H-pyrrole nitrogens is 1. The van der Waals surface area contributed by atoms with Crippen LogP contribution in [0.2, 0.25) is 5.02 Å². The molecule has 0 atom stereocenters. The number of amides is 1. The van der Waals surface area contributed by atoms with E-state index >= 15 is 0 Å². The fourth-order valence-corrected chi connectivity index (χ4v) is 2.88. The van der Waals surface area contributed by atoms with Gasteiger partial charge < -0.3 is 15.8 Å². The summed E-state index contributed by atoms with van der Waals surface area (Å²) in [5.41, 5.74) is 7.37. The largest absolute Gasteiger partial charge is 0.486 e. The van der Waals surface area contributed by atoms with Gasteiger partial charge in [-0.2, -0.15) is 10.3 Å². The lowest BCUT2D eigenvalue weighted by Crippen LogP contribution is -2.13. The van der Waals surface area contributed by atoms with Crippen LogP contribution in [0.3, 0.4) is 0 Å². The molecular weight excluding hydrogens is 399 g/mol. The molecule has 4 aromatic rings. The minimum Gasteiger partial charge on any atom is -0.486 e. The molecule has 2 aromatic heterocycles. The lowest BCUT2D eigenvalue weighted by atomic mass is 10.1. The van der Waals surface area contributed by atoms with Crippen molar-refractivity contribution in [1.29, 1.82) is 0 Å². The fourth-order valence-electron chi connectivity index (χ4n) is 2.69. The number of aromatic nitrogens is 4. The third kappa shape index (κ3) is 4.09. The van der Waals surface area contributed by atoms with E-state index < -0.39 is 11.7 Å². The van der Waals surface area contributed by atoms with Gasteiger partial charge in [0.1, 0.15) is 18.2 Å². The highest BCUT2D eigenvalue weighted by atomic mass is 35.5. The number of nitrogens with one attached hydrogen (secondary N) is 2. The summed E-state index contributed by atoms with van der Waals surface area (Å²) in [6.07, 6.45) is 0. The molecule has 146 valence electrons. The number of nitrogens with zero attached hydrogens (tertiary/aromatic N) is 3. The standard InChI is InChI=1S/C19H14ClFN6O2/c20-12-2-1-3-13(7-12)23-19(28)10-4-5-14(21)11(6-10)9-29-15-8-16(22)24-18-17(15)25-27-26-18/h1-8H,9H2,(H,23,28)(H3,22,24,25,26,27). The van der Waals surface area contributed by atoms with Gasteiger partial charge in [0.05, 0.1) is 0 Å². The second-order valence-corrected chi connectivity index (χ2v) is 6.54. The van der Waals surface area contributed by atoms with Gasteiger partial charge in [-0.05, 0) is 36.4 Å². The number of halogens is 2. The topological polar surface area (TPSA) is 119 Å². The van der Waals surface area contributed by atoms with E-state index in [-0.39, 0.29) is 29.2 Å². The number of nitrogen functional groups attached to an aromatic ring is 1. The number of fused-ring (bicyclic) bond motifs is 1. The van der Waals surface area contributed by atoms with Crippen molar-refractivity contribution in [2.75, 3.05) is 11.1 Å². The molecule has 0 unspecified atom stereocenters. The summed E-state index contributed by atoms with van der Waals surface area (Å²) >= 11 is 5.92. The van der Waals surface area contributed by atoms with Crippen LogP contribution in [-0.2, 0) is 6.61 Å². The number of hydrogen-bond donors (Lipinski definition) is 3. The number of pyridine rings is 1. The first-order chi connectivity index (χ1) is 14.0. The molecule has 2 heterocycles. The molecule has 0 bridgehead atoms. The molecule has 0 spiro atoms. The van der Waals surface area contributed by atoms with Crippen molar-refractivity contribution < 1.29 is 13.9 Å². The highest BCUT2D eigenvalue weighted by Crippen LogP contribution is 2.25. The van der Waals surface area contributed by atoms with E-state index in [1.165, 1.54) is 24.3 Å². The Morgan fingerprint density at radius 1 is 1.21 bits per heavy atom. The van der Waals surface area contributed by atoms with Crippen LogP contribution < -0.4 is 15.8 Å². The smallest absolute Gasteiger partial charge is 0.255 e. The van der Waals surface area contributed by atoms with Crippen molar-refractivity contribution in [2.24, 2.45) is 0 Å². The van der Waals surface area contributed by atoms with Gasteiger partial charge in [-0.25, -0.2) is 9.37 Å². The number of nitrogens with two attached hydrogens (primary N) is 1. The maximum absolute atomic E-state index is 14.2. The highest BCUT2D eigenvalue weighted by molar-refractivity contribution is 6.31. The Balaban J connectivity index is 1.53. The van der Waals surface area contributed by atoms with Crippen LogP contribution in [0.4, 0.5) is 15.9 Å². The number of benzene rings is 2. The van der Waals surface area contributed by atoms with E-state index in [4.69, 9.17) is 22.1 Å². The lowest BCUT2D eigenvalue weighted by molar-refractivity contribution is 0.102. The Kier molecular flexibility index (Phi) is 4.96. The van der Waals surface area contributed by atoms with Crippen molar-refractivity contribution in [3.05, 3.63) is 70.5 Å². The second kappa shape index (κ2) is 7.72. The first kappa shape index (κ1) is 18.6. The minimum absolute atomic E-state index is 0.143. The zero-order valence-electron chi connectivity index (χ0n) is 14.8. The molecule has 0 aliphatic carbocycles. The third-order valence-corrected chi connectivity index (χ3v) is 4.29. The second-order valence-electron chi connectivity index (χ2n) is 6.10. The first-order valence-electron chi connectivity index (χ1n) is 8.45. The van der Waals surface area contributed by atoms with E-state index in [2.05, 4.69) is 25.7 Å². The molecule has 4 rings (SSSR count). The molecule has 10 heteroatoms. The maximum Gasteiger partial charge on any atom is 0.255 e. The fraction of sp³-hybridized carbons (Fsp3) is 0.0526. The van der Waals surface area contributed by atoms with Crippen LogP contribution in [0, 0.1) is 5.82 Å². The van der Waals surface area contributed by atoms with Gasteiger partial charge in [0.15, 0.2) is 11.3 Å². The van der Waals surface area contributed by atoms with Crippen LogP contribution in [-0.4, -0.2) is 26.3 Å². The molecule has 4 N–H and O–H groups in total. The first-order valence-corrected chi connectivity index (χ1v) is 8.82. The molecule has 1 amide bonds. The van der Waals surface area contributed by atoms with Crippen molar-refractivity contribution in [3.63, 3.8) is 0 Å². The molecule has 0 aliphatic heterocycles. The van der Waals surface area contributed by atoms with Gasteiger partial charge in [0.2, 0.25) is 5.65 Å². The average Bonchev–Trinajstić information content (AvgIpc) is 3.15. The van der Waals surface area contributed by atoms with Gasteiger partial charge in [-0.15, -0.1) is 5.10 Å². The predicted octanol–water partition coefficient (Wildman–Crippen LogP) is 3.56. The summed E-state index contributed by atoms with van der Waals surface area (Å²) in [6.45, 7) is -0.143. The Morgan fingerprint density at radius 2 is 2.07 bits per heavy atom. The van der Waals surface area contributed by atoms with E-state index in [0.29, 0.717) is 22.0 Å². The van der Waals surface area contributed by atoms with Crippen LogP contribution in [0.1, 0.15) is 15.9 Å². The number of carbonyl (C=O) groups excluding carboxylic acids is 1. The van der Waals surface area contributed by atoms with E-state index in [9.17, 15) is 9.18 Å². The van der Waals surface area contributed by atoms with E-state index in [1.807, 2.05) is 0 Å². The third-order valence-electron chi connectivity index (χ3n) is 4.05. The number of ether oxygens (including phenoxy) is 1. The molecule has 2 aromatic carbocycles. The normalized spacial score (nSPS) is 10.8. The van der Waals surface area contributed by atoms with Gasteiger partial charge >= 0.3 is 0 Å². The summed E-state index contributed by atoms with van der Waals surface area (Å²) < 4.78 is 19.9. The maximum atomic E-state index is 14.2. The lowest BCUT2D eigenvalue weighted by Gasteiger charge is -2.10. The quantitative estimate of drug-likeness (QED) is 0.461. The van der Waals surface area contributed by atoms with Crippen LogP contribution in [0.15, 0.2) is 48.5 Å². The number of rotatable bonds is 5. The minimum atomic E-state index is -0.511. The number of aromatic amines is 1. The number of carbonyl (C=O) groups is 1. The SMILES string of the molecule is Nc1cc(OCc2cc(C(=O)Nc3cccc(Cl)c3)ccc2F)c2n[nH]nc2n1. The zero-order valence-corrected chi connectivity index (χ0v) is 15.6. The van der Waals surface area contributed by atoms with Crippen molar-refractivity contribution in [3.8, 4) is 5.75 Å². The monoisotopic (exact) mass is 412 g/mol. The van der Waals surface area contributed by atoms with Gasteiger partial charge in [-0.3, -0.25) is 4.79 Å².